The van der Waals surface area contributed by atoms with Crippen molar-refractivity contribution in [2.75, 3.05) is 6.61 Å². The van der Waals surface area contributed by atoms with Gasteiger partial charge in [-0.05, 0) is 45.9 Å². The zero-order chi connectivity index (χ0) is 14.6. The number of amides is 1. The Kier molecular flexibility index (Phi) is 6.14. The van der Waals surface area contributed by atoms with Crippen LogP contribution in [0.5, 0.6) is 5.75 Å². The first-order valence-electron chi connectivity index (χ1n) is 6.22. The molecule has 1 aromatic carbocycles. The SMILES string of the molecule is CC(C)N(C(=O)COc1cc(Br)ccc1Cl)C(C)C. The molecule has 19 heavy (non-hydrogen) atoms. The summed E-state index contributed by atoms with van der Waals surface area (Å²) in [5.74, 6) is 0.470. The largest absolute Gasteiger partial charge is 0.482 e. The van der Waals surface area contributed by atoms with E-state index in [4.69, 9.17) is 16.3 Å². The van der Waals surface area contributed by atoms with Gasteiger partial charge in [0.25, 0.3) is 5.91 Å². The van der Waals surface area contributed by atoms with Crippen molar-refractivity contribution in [1.29, 1.82) is 0 Å². The van der Waals surface area contributed by atoms with Gasteiger partial charge in [-0.15, -0.1) is 0 Å². The van der Waals surface area contributed by atoms with Gasteiger partial charge >= 0.3 is 0 Å². The summed E-state index contributed by atoms with van der Waals surface area (Å²) in [6.45, 7) is 7.95. The van der Waals surface area contributed by atoms with E-state index in [2.05, 4.69) is 15.9 Å². The average molecular weight is 349 g/mol. The van der Waals surface area contributed by atoms with Crippen LogP contribution in [0.2, 0.25) is 5.02 Å². The second kappa shape index (κ2) is 7.15. The Hall–Kier alpha value is -0.740. The molecule has 0 heterocycles. The molecule has 5 heteroatoms. The number of rotatable bonds is 5. The number of hydrogen-bond donors (Lipinski definition) is 0. The fraction of sp³-hybridized carbons (Fsp3) is 0.500. The highest BCUT2D eigenvalue weighted by atomic mass is 79.9. The molecule has 3 nitrogen and oxygen atoms in total. The minimum Gasteiger partial charge on any atom is -0.482 e. The molecule has 0 unspecified atom stereocenters. The second-order valence-electron chi connectivity index (χ2n) is 4.85. The lowest BCUT2D eigenvalue weighted by Crippen LogP contribution is -2.44. The Morgan fingerprint density at radius 3 is 2.42 bits per heavy atom. The molecule has 0 bridgehead atoms. The van der Waals surface area contributed by atoms with Crippen LogP contribution >= 0.6 is 27.5 Å². The number of ether oxygens (including phenoxy) is 1. The highest BCUT2D eigenvalue weighted by molar-refractivity contribution is 9.10. The van der Waals surface area contributed by atoms with Crippen molar-refractivity contribution in [3.8, 4) is 5.75 Å². The quantitative estimate of drug-likeness (QED) is 0.801. The molecule has 0 aromatic heterocycles. The summed E-state index contributed by atoms with van der Waals surface area (Å²) in [6.07, 6.45) is 0. The summed E-state index contributed by atoms with van der Waals surface area (Å²) in [7, 11) is 0. The lowest BCUT2D eigenvalue weighted by atomic mass is 10.2. The van der Waals surface area contributed by atoms with Crippen LogP contribution in [0.1, 0.15) is 27.7 Å². The normalized spacial score (nSPS) is 10.9. The summed E-state index contributed by atoms with van der Waals surface area (Å²) < 4.78 is 6.37. The minimum atomic E-state index is -0.0407. The molecule has 1 amide bonds. The fourth-order valence-electron chi connectivity index (χ4n) is 1.97. The molecule has 0 saturated carbocycles. The molecule has 106 valence electrons. The van der Waals surface area contributed by atoms with E-state index in [9.17, 15) is 4.79 Å². The van der Waals surface area contributed by atoms with Gasteiger partial charge in [0.15, 0.2) is 6.61 Å². The van der Waals surface area contributed by atoms with E-state index in [1.807, 2.05) is 33.8 Å². The van der Waals surface area contributed by atoms with Crippen LogP contribution < -0.4 is 4.74 Å². The lowest BCUT2D eigenvalue weighted by Gasteiger charge is -2.30. The van der Waals surface area contributed by atoms with Gasteiger partial charge in [0.1, 0.15) is 5.75 Å². The van der Waals surface area contributed by atoms with Crippen molar-refractivity contribution in [2.45, 2.75) is 39.8 Å². The number of benzene rings is 1. The van der Waals surface area contributed by atoms with Crippen molar-refractivity contribution in [1.82, 2.24) is 4.90 Å². The Morgan fingerprint density at radius 2 is 1.89 bits per heavy atom. The number of halogens is 2. The van der Waals surface area contributed by atoms with Gasteiger partial charge < -0.3 is 9.64 Å². The van der Waals surface area contributed by atoms with Crippen LogP contribution in [0, 0.1) is 0 Å². The van der Waals surface area contributed by atoms with Gasteiger partial charge in [-0.3, -0.25) is 4.79 Å². The minimum absolute atomic E-state index is 0.00741. The third-order valence-corrected chi connectivity index (χ3v) is 3.45. The summed E-state index contributed by atoms with van der Waals surface area (Å²) >= 11 is 9.36. The van der Waals surface area contributed by atoms with Crippen LogP contribution in [0.15, 0.2) is 22.7 Å². The molecule has 0 spiro atoms. The fourth-order valence-corrected chi connectivity index (χ4v) is 2.49. The topological polar surface area (TPSA) is 29.5 Å². The molecular weight excluding hydrogens is 330 g/mol. The summed E-state index contributed by atoms with van der Waals surface area (Å²) in [5.41, 5.74) is 0. The van der Waals surface area contributed by atoms with Crippen LogP contribution in [-0.2, 0) is 4.79 Å². The first-order chi connectivity index (χ1) is 8.82. The van der Waals surface area contributed by atoms with Gasteiger partial charge in [0, 0.05) is 16.6 Å². The predicted molar refractivity (Wildman–Crippen MR) is 81.8 cm³/mol. The molecule has 0 saturated heterocycles. The molecule has 1 aromatic rings. The van der Waals surface area contributed by atoms with E-state index in [0.29, 0.717) is 10.8 Å². The van der Waals surface area contributed by atoms with Crippen molar-refractivity contribution < 1.29 is 9.53 Å². The van der Waals surface area contributed by atoms with E-state index in [1.54, 1.807) is 17.0 Å². The van der Waals surface area contributed by atoms with Crippen LogP contribution in [0.3, 0.4) is 0 Å². The monoisotopic (exact) mass is 347 g/mol. The maximum atomic E-state index is 12.1. The van der Waals surface area contributed by atoms with Gasteiger partial charge in [-0.25, -0.2) is 0 Å². The Bertz CT molecular complexity index is 441. The molecular formula is C14H19BrClNO2. The zero-order valence-corrected chi connectivity index (χ0v) is 14.0. The maximum Gasteiger partial charge on any atom is 0.260 e. The van der Waals surface area contributed by atoms with E-state index in [1.165, 1.54) is 0 Å². The van der Waals surface area contributed by atoms with E-state index in [-0.39, 0.29) is 24.6 Å². The van der Waals surface area contributed by atoms with Crippen molar-refractivity contribution in [3.05, 3.63) is 27.7 Å². The molecule has 0 radical (unpaired) electrons. The summed E-state index contributed by atoms with van der Waals surface area (Å²) in [5, 5.41) is 0.497. The standard InChI is InChI=1S/C14H19BrClNO2/c1-9(2)17(10(3)4)14(18)8-19-13-7-11(15)5-6-12(13)16/h5-7,9-10H,8H2,1-4H3. The Balaban J connectivity index is 2.70. The predicted octanol–water partition coefficient (Wildman–Crippen LogP) is 4.13. The molecule has 0 atom stereocenters. The highest BCUT2D eigenvalue weighted by Gasteiger charge is 2.20. The van der Waals surface area contributed by atoms with E-state index < -0.39 is 0 Å². The third kappa shape index (κ3) is 4.69. The van der Waals surface area contributed by atoms with E-state index >= 15 is 0 Å². The van der Waals surface area contributed by atoms with Gasteiger partial charge in [0.05, 0.1) is 5.02 Å². The number of nitrogens with zero attached hydrogens (tertiary/aromatic N) is 1. The molecule has 1 rings (SSSR count). The zero-order valence-electron chi connectivity index (χ0n) is 11.6. The van der Waals surface area contributed by atoms with Crippen LogP contribution in [0.4, 0.5) is 0 Å². The number of carbonyl (C=O) groups excluding carboxylic acids is 1. The third-order valence-electron chi connectivity index (χ3n) is 2.65. The summed E-state index contributed by atoms with van der Waals surface area (Å²) in [6, 6.07) is 5.60. The Morgan fingerprint density at radius 1 is 1.32 bits per heavy atom. The number of hydrogen-bond acceptors (Lipinski definition) is 2. The van der Waals surface area contributed by atoms with Crippen molar-refractivity contribution >= 4 is 33.4 Å². The van der Waals surface area contributed by atoms with Crippen LogP contribution in [0.25, 0.3) is 0 Å². The van der Waals surface area contributed by atoms with Gasteiger partial charge in [0.2, 0.25) is 0 Å². The molecule has 0 fully saturated rings. The molecule has 0 aliphatic rings. The average Bonchev–Trinajstić information content (AvgIpc) is 2.29. The first kappa shape index (κ1) is 16.3. The van der Waals surface area contributed by atoms with Crippen molar-refractivity contribution in [3.63, 3.8) is 0 Å². The first-order valence-corrected chi connectivity index (χ1v) is 7.39. The van der Waals surface area contributed by atoms with E-state index in [0.717, 1.165) is 4.47 Å². The maximum absolute atomic E-state index is 12.1. The molecule has 0 aliphatic heterocycles. The second-order valence-corrected chi connectivity index (χ2v) is 6.17. The summed E-state index contributed by atoms with van der Waals surface area (Å²) in [4.78, 5) is 13.9. The smallest absolute Gasteiger partial charge is 0.260 e. The Labute approximate surface area is 128 Å². The van der Waals surface area contributed by atoms with Gasteiger partial charge in [-0.2, -0.15) is 0 Å². The molecule has 0 aliphatic carbocycles. The number of carbonyl (C=O) groups is 1. The van der Waals surface area contributed by atoms with Crippen LogP contribution in [-0.4, -0.2) is 29.5 Å². The highest BCUT2D eigenvalue weighted by Crippen LogP contribution is 2.27. The lowest BCUT2D eigenvalue weighted by molar-refractivity contribution is -0.136. The van der Waals surface area contributed by atoms with Crippen molar-refractivity contribution in [2.24, 2.45) is 0 Å². The van der Waals surface area contributed by atoms with Gasteiger partial charge in [-0.1, -0.05) is 27.5 Å². The molecule has 0 N–H and O–H groups in total.